The van der Waals surface area contributed by atoms with Crippen molar-refractivity contribution in [3.8, 4) is 0 Å². The number of halogens is 3. The molecule has 33 heavy (non-hydrogen) atoms. The Morgan fingerprint density at radius 2 is 1.67 bits per heavy atom. The first-order valence-corrected chi connectivity index (χ1v) is 12.6. The third-order valence-corrected chi connectivity index (χ3v) is 8.39. The molecule has 3 aromatic rings. The van der Waals surface area contributed by atoms with Crippen LogP contribution in [-0.2, 0) is 21.4 Å². The highest BCUT2D eigenvalue weighted by molar-refractivity contribution is 7.89. The Morgan fingerprint density at radius 1 is 1.00 bits per heavy atom. The van der Waals surface area contributed by atoms with E-state index in [1.807, 2.05) is 17.5 Å². The standard InChI is InChI=1S/C23H21F3N2O3S2/c24-17-3-6-19(7-4-17)28(15-20-2-1-13-32-20)23(29)16-9-11-27(12-10-16)33(30,31)22-14-18(25)5-8-21(22)26/h1-8,13-14,16H,9-12,15H2. The van der Waals surface area contributed by atoms with Crippen molar-refractivity contribution in [3.05, 3.63) is 82.3 Å². The molecule has 0 aliphatic carbocycles. The number of hydrogen-bond acceptors (Lipinski definition) is 4. The SMILES string of the molecule is O=C(C1CCN(S(=O)(=O)c2cc(F)ccc2F)CC1)N(Cc1cccs1)c1ccc(F)cc1. The lowest BCUT2D eigenvalue weighted by atomic mass is 9.96. The van der Waals surface area contributed by atoms with E-state index in [0.29, 0.717) is 18.3 Å². The second kappa shape index (κ2) is 9.66. The van der Waals surface area contributed by atoms with Gasteiger partial charge in [0.2, 0.25) is 15.9 Å². The zero-order chi connectivity index (χ0) is 23.6. The van der Waals surface area contributed by atoms with Gasteiger partial charge in [-0.2, -0.15) is 4.31 Å². The Morgan fingerprint density at radius 3 is 2.30 bits per heavy atom. The number of anilines is 1. The van der Waals surface area contributed by atoms with Gasteiger partial charge in [-0.1, -0.05) is 6.07 Å². The predicted octanol–water partition coefficient (Wildman–Crippen LogP) is 4.80. The van der Waals surface area contributed by atoms with Gasteiger partial charge in [0.1, 0.15) is 22.3 Å². The van der Waals surface area contributed by atoms with Crippen molar-refractivity contribution in [2.45, 2.75) is 24.3 Å². The number of sulfonamides is 1. The molecule has 0 radical (unpaired) electrons. The molecule has 2 heterocycles. The number of nitrogens with zero attached hydrogens (tertiary/aromatic N) is 2. The lowest BCUT2D eigenvalue weighted by Gasteiger charge is -2.33. The zero-order valence-electron chi connectivity index (χ0n) is 17.5. The van der Waals surface area contributed by atoms with E-state index in [1.165, 1.54) is 35.6 Å². The van der Waals surface area contributed by atoms with E-state index in [4.69, 9.17) is 0 Å². The van der Waals surface area contributed by atoms with Crippen LogP contribution in [-0.4, -0.2) is 31.7 Å². The Labute approximate surface area is 194 Å². The Balaban J connectivity index is 1.50. The van der Waals surface area contributed by atoms with Crippen LogP contribution in [0.2, 0.25) is 0 Å². The van der Waals surface area contributed by atoms with Crippen LogP contribution < -0.4 is 4.90 Å². The molecule has 1 saturated heterocycles. The second-order valence-electron chi connectivity index (χ2n) is 7.73. The third kappa shape index (κ3) is 5.13. The molecule has 0 N–H and O–H groups in total. The monoisotopic (exact) mass is 494 g/mol. The summed E-state index contributed by atoms with van der Waals surface area (Å²) in [5.74, 6) is -2.93. The molecule has 1 amide bonds. The Hall–Kier alpha value is -2.69. The van der Waals surface area contributed by atoms with Crippen LogP contribution in [0.25, 0.3) is 0 Å². The van der Waals surface area contributed by atoms with Gasteiger partial charge in [-0.3, -0.25) is 4.79 Å². The summed E-state index contributed by atoms with van der Waals surface area (Å²) in [7, 11) is -4.23. The summed E-state index contributed by atoms with van der Waals surface area (Å²) in [5.41, 5.74) is 0.548. The van der Waals surface area contributed by atoms with E-state index < -0.39 is 38.3 Å². The van der Waals surface area contributed by atoms with Crippen molar-refractivity contribution in [1.82, 2.24) is 4.31 Å². The van der Waals surface area contributed by atoms with Crippen molar-refractivity contribution in [2.24, 2.45) is 5.92 Å². The number of piperidine rings is 1. The maximum atomic E-state index is 14.1. The predicted molar refractivity (Wildman–Crippen MR) is 120 cm³/mol. The molecule has 1 fully saturated rings. The average Bonchev–Trinajstić information content (AvgIpc) is 3.33. The molecule has 0 unspecified atom stereocenters. The van der Waals surface area contributed by atoms with E-state index >= 15 is 0 Å². The lowest BCUT2D eigenvalue weighted by Crippen LogP contribution is -2.44. The van der Waals surface area contributed by atoms with Gasteiger partial charge in [0, 0.05) is 29.6 Å². The minimum atomic E-state index is -4.23. The highest BCUT2D eigenvalue weighted by Gasteiger charge is 2.35. The van der Waals surface area contributed by atoms with Gasteiger partial charge < -0.3 is 4.90 Å². The normalized spacial score (nSPS) is 15.5. The Kier molecular flexibility index (Phi) is 6.87. The van der Waals surface area contributed by atoms with Crippen LogP contribution in [0.15, 0.2) is 64.9 Å². The van der Waals surface area contributed by atoms with Gasteiger partial charge in [-0.15, -0.1) is 11.3 Å². The maximum Gasteiger partial charge on any atom is 0.246 e. The van der Waals surface area contributed by atoms with Gasteiger partial charge in [0.25, 0.3) is 0 Å². The van der Waals surface area contributed by atoms with Gasteiger partial charge in [0.15, 0.2) is 0 Å². The fraction of sp³-hybridized carbons (Fsp3) is 0.261. The lowest BCUT2D eigenvalue weighted by molar-refractivity contribution is -0.123. The summed E-state index contributed by atoms with van der Waals surface area (Å²) in [4.78, 5) is 15.2. The average molecular weight is 495 g/mol. The maximum absolute atomic E-state index is 14.1. The summed E-state index contributed by atoms with van der Waals surface area (Å²) < 4.78 is 67.7. The summed E-state index contributed by atoms with van der Waals surface area (Å²) in [5, 5.41) is 1.90. The highest BCUT2D eigenvalue weighted by Crippen LogP contribution is 2.29. The summed E-state index contributed by atoms with van der Waals surface area (Å²) in [6.07, 6.45) is 0.467. The first-order valence-electron chi connectivity index (χ1n) is 10.3. The van der Waals surface area contributed by atoms with Crippen molar-refractivity contribution < 1.29 is 26.4 Å². The second-order valence-corrected chi connectivity index (χ2v) is 10.7. The van der Waals surface area contributed by atoms with Crippen molar-refractivity contribution in [3.63, 3.8) is 0 Å². The molecule has 1 aliphatic rings. The van der Waals surface area contributed by atoms with E-state index in [9.17, 15) is 26.4 Å². The Bertz CT molecular complexity index is 1220. The van der Waals surface area contributed by atoms with E-state index in [0.717, 1.165) is 21.3 Å². The van der Waals surface area contributed by atoms with Crippen molar-refractivity contribution in [1.29, 1.82) is 0 Å². The number of benzene rings is 2. The van der Waals surface area contributed by atoms with E-state index in [1.54, 1.807) is 4.90 Å². The molecule has 10 heteroatoms. The first-order chi connectivity index (χ1) is 15.8. The van der Waals surface area contributed by atoms with E-state index in [2.05, 4.69) is 0 Å². The number of carbonyl (C=O) groups is 1. The molecule has 5 nitrogen and oxygen atoms in total. The van der Waals surface area contributed by atoms with Gasteiger partial charge in [-0.05, 0) is 66.8 Å². The minimum Gasteiger partial charge on any atom is -0.307 e. The van der Waals surface area contributed by atoms with Gasteiger partial charge in [0.05, 0.1) is 6.54 Å². The number of carbonyl (C=O) groups excluding carboxylic acids is 1. The molecule has 0 saturated carbocycles. The molecule has 174 valence electrons. The number of rotatable bonds is 6. The highest BCUT2D eigenvalue weighted by atomic mass is 32.2. The van der Waals surface area contributed by atoms with Crippen LogP contribution in [0.3, 0.4) is 0 Å². The molecule has 4 rings (SSSR count). The number of thiophene rings is 1. The third-order valence-electron chi connectivity index (χ3n) is 5.61. The largest absolute Gasteiger partial charge is 0.307 e. The quantitative estimate of drug-likeness (QED) is 0.495. The molecular weight excluding hydrogens is 473 g/mol. The zero-order valence-corrected chi connectivity index (χ0v) is 19.1. The van der Waals surface area contributed by atoms with E-state index in [-0.39, 0.29) is 31.8 Å². The molecule has 0 spiro atoms. The van der Waals surface area contributed by atoms with Gasteiger partial charge >= 0.3 is 0 Å². The fourth-order valence-electron chi connectivity index (χ4n) is 3.85. The molecular formula is C23H21F3N2O3S2. The molecule has 1 aromatic heterocycles. The molecule has 0 bridgehead atoms. The summed E-state index contributed by atoms with van der Waals surface area (Å²) in [6, 6.07) is 11.7. The van der Waals surface area contributed by atoms with Crippen LogP contribution in [0.1, 0.15) is 17.7 Å². The summed E-state index contributed by atoms with van der Waals surface area (Å²) >= 11 is 1.50. The molecule has 1 aliphatic heterocycles. The fourth-order valence-corrected chi connectivity index (χ4v) is 6.09. The topological polar surface area (TPSA) is 57.7 Å². The summed E-state index contributed by atoms with van der Waals surface area (Å²) in [6.45, 7) is 0.324. The van der Waals surface area contributed by atoms with Crippen molar-refractivity contribution in [2.75, 3.05) is 18.0 Å². The van der Waals surface area contributed by atoms with Crippen LogP contribution >= 0.6 is 11.3 Å². The van der Waals surface area contributed by atoms with Crippen molar-refractivity contribution >= 4 is 33.0 Å². The first kappa shape index (κ1) is 23.5. The van der Waals surface area contributed by atoms with Crippen LogP contribution in [0.5, 0.6) is 0 Å². The number of amides is 1. The molecule has 0 atom stereocenters. The number of hydrogen-bond donors (Lipinski definition) is 0. The molecule has 2 aromatic carbocycles. The van der Waals surface area contributed by atoms with Crippen LogP contribution in [0.4, 0.5) is 18.9 Å². The minimum absolute atomic E-state index is 0.00491. The van der Waals surface area contributed by atoms with Gasteiger partial charge in [-0.25, -0.2) is 21.6 Å². The smallest absolute Gasteiger partial charge is 0.246 e. The van der Waals surface area contributed by atoms with Crippen LogP contribution in [0, 0.1) is 23.4 Å².